The molecule has 0 saturated heterocycles. The topological polar surface area (TPSA) is 90.6 Å². The number of carbonyl (C=O) groups is 1. The van der Waals surface area contributed by atoms with Gasteiger partial charge in [-0.05, 0) is 48.5 Å². The van der Waals surface area contributed by atoms with Crippen LogP contribution in [0.3, 0.4) is 0 Å². The molecule has 0 aliphatic rings. The Morgan fingerprint density at radius 3 is 2.44 bits per heavy atom. The first-order valence-electron chi connectivity index (χ1n) is 9.71. The number of benzene rings is 3. The number of aromatic nitrogens is 2. The molecule has 162 valence electrons. The number of ether oxygens (including phenoxy) is 2. The lowest BCUT2D eigenvalue weighted by atomic mass is 10.1. The first kappa shape index (κ1) is 21.5. The van der Waals surface area contributed by atoms with Crippen LogP contribution in [0.15, 0.2) is 76.7 Å². The number of aromatic hydroxyl groups is 1. The number of rotatable bonds is 7. The Morgan fingerprint density at radius 2 is 1.72 bits per heavy atom. The standard InChI is InChI=1S/C24H20N2O5S/c1-30-21-12-9-16(13-22(21)31-2)26-23(29)18-5-3-4-6-19(18)25-24(26)32-14-20(28)15-7-10-17(27)11-8-15/h3-13,27H,14H2,1-2H3. The average molecular weight is 449 g/mol. The molecule has 4 aromatic rings. The molecule has 0 saturated carbocycles. The molecule has 3 aromatic carbocycles. The van der Waals surface area contributed by atoms with E-state index in [1.807, 2.05) is 6.07 Å². The molecule has 0 radical (unpaired) electrons. The number of nitrogens with zero attached hydrogens (tertiary/aromatic N) is 2. The number of para-hydroxylation sites is 1. The van der Waals surface area contributed by atoms with E-state index in [2.05, 4.69) is 4.98 Å². The van der Waals surface area contributed by atoms with Crippen molar-refractivity contribution in [3.05, 3.63) is 82.6 Å². The molecule has 0 bridgehead atoms. The fraction of sp³-hybridized carbons (Fsp3) is 0.125. The van der Waals surface area contributed by atoms with Crippen molar-refractivity contribution in [3.8, 4) is 22.9 Å². The number of fused-ring (bicyclic) bond motifs is 1. The summed E-state index contributed by atoms with van der Waals surface area (Å²) in [5.41, 5.74) is 1.32. The summed E-state index contributed by atoms with van der Waals surface area (Å²) < 4.78 is 12.2. The predicted octanol–water partition coefficient (Wildman–Crippen LogP) is 4.08. The van der Waals surface area contributed by atoms with Crippen LogP contribution in [0.1, 0.15) is 10.4 Å². The molecule has 0 fully saturated rings. The quantitative estimate of drug-likeness (QED) is 0.259. The van der Waals surface area contributed by atoms with Crippen molar-refractivity contribution >= 4 is 28.4 Å². The second-order valence-electron chi connectivity index (χ2n) is 6.85. The third-order valence-electron chi connectivity index (χ3n) is 4.89. The summed E-state index contributed by atoms with van der Waals surface area (Å²) >= 11 is 1.17. The summed E-state index contributed by atoms with van der Waals surface area (Å²) in [7, 11) is 3.06. The summed E-state index contributed by atoms with van der Waals surface area (Å²) in [5, 5.41) is 10.3. The minimum Gasteiger partial charge on any atom is -0.508 e. The van der Waals surface area contributed by atoms with Crippen molar-refractivity contribution in [2.24, 2.45) is 0 Å². The number of hydrogen-bond donors (Lipinski definition) is 1. The SMILES string of the molecule is COc1ccc(-n2c(SCC(=O)c3ccc(O)cc3)nc3ccccc3c2=O)cc1OC. The maximum atomic E-state index is 13.4. The van der Waals surface area contributed by atoms with Gasteiger partial charge in [0.1, 0.15) is 5.75 Å². The Labute approximate surface area is 188 Å². The van der Waals surface area contributed by atoms with Crippen molar-refractivity contribution in [3.63, 3.8) is 0 Å². The van der Waals surface area contributed by atoms with Crippen molar-refractivity contribution in [2.75, 3.05) is 20.0 Å². The van der Waals surface area contributed by atoms with Gasteiger partial charge in [-0.15, -0.1) is 0 Å². The van der Waals surface area contributed by atoms with Crippen molar-refractivity contribution in [1.82, 2.24) is 9.55 Å². The predicted molar refractivity (Wildman–Crippen MR) is 124 cm³/mol. The molecule has 0 aliphatic carbocycles. The molecule has 32 heavy (non-hydrogen) atoms. The number of thioether (sulfide) groups is 1. The largest absolute Gasteiger partial charge is 0.508 e. The molecule has 4 rings (SSSR count). The van der Waals surface area contributed by atoms with E-state index in [0.717, 1.165) is 0 Å². The summed E-state index contributed by atoms with van der Waals surface area (Å²) in [5.74, 6) is 1.03. The summed E-state index contributed by atoms with van der Waals surface area (Å²) in [6.07, 6.45) is 0. The van der Waals surface area contributed by atoms with Gasteiger partial charge in [-0.1, -0.05) is 23.9 Å². The molecule has 1 aromatic heterocycles. The highest BCUT2D eigenvalue weighted by molar-refractivity contribution is 7.99. The number of phenolic OH excluding ortho intramolecular Hbond substituents is 1. The van der Waals surface area contributed by atoms with Gasteiger partial charge in [-0.3, -0.25) is 14.2 Å². The van der Waals surface area contributed by atoms with Gasteiger partial charge in [0.2, 0.25) is 0 Å². The Balaban J connectivity index is 1.78. The van der Waals surface area contributed by atoms with E-state index in [-0.39, 0.29) is 22.8 Å². The Morgan fingerprint density at radius 1 is 1.00 bits per heavy atom. The smallest absolute Gasteiger partial charge is 0.266 e. The van der Waals surface area contributed by atoms with E-state index in [1.54, 1.807) is 48.5 Å². The molecule has 7 nitrogen and oxygen atoms in total. The van der Waals surface area contributed by atoms with Gasteiger partial charge in [-0.25, -0.2) is 4.98 Å². The highest BCUT2D eigenvalue weighted by atomic mass is 32.2. The monoisotopic (exact) mass is 448 g/mol. The zero-order chi connectivity index (χ0) is 22.7. The van der Waals surface area contributed by atoms with Crippen LogP contribution in [0.5, 0.6) is 17.2 Å². The number of carbonyl (C=O) groups excluding carboxylic acids is 1. The van der Waals surface area contributed by atoms with E-state index >= 15 is 0 Å². The Hall–Kier alpha value is -3.78. The minimum atomic E-state index is -0.248. The molecule has 0 spiro atoms. The molecule has 0 atom stereocenters. The normalized spacial score (nSPS) is 10.8. The highest BCUT2D eigenvalue weighted by Gasteiger charge is 2.17. The second kappa shape index (κ2) is 9.15. The fourth-order valence-electron chi connectivity index (χ4n) is 3.26. The highest BCUT2D eigenvalue weighted by Crippen LogP contribution is 2.30. The van der Waals surface area contributed by atoms with E-state index in [0.29, 0.717) is 38.8 Å². The van der Waals surface area contributed by atoms with Crippen LogP contribution >= 0.6 is 11.8 Å². The lowest BCUT2D eigenvalue weighted by molar-refractivity contribution is 0.102. The third kappa shape index (κ3) is 4.17. The Kier molecular flexibility index (Phi) is 6.13. The minimum absolute atomic E-state index is 0.0723. The van der Waals surface area contributed by atoms with E-state index in [1.165, 1.54) is 42.7 Å². The van der Waals surface area contributed by atoms with E-state index < -0.39 is 0 Å². The number of hydrogen-bond acceptors (Lipinski definition) is 7. The van der Waals surface area contributed by atoms with Crippen LogP contribution in [-0.2, 0) is 0 Å². The van der Waals surface area contributed by atoms with Crippen molar-refractivity contribution in [1.29, 1.82) is 0 Å². The molecule has 1 N–H and O–H groups in total. The molecular weight excluding hydrogens is 428 g/mol. The van der Waals surface area contributed by atoms with Crippen molar-refractivity contribution < 1.29 is 19.4 Å². The van der Waals surface area contributed by atoms with Gasteiger partial charge >= 0.3 is 0 Å². The van der Waals surface area contributed by atoms with Crippen molar-refractivity contribution in [2.45, 2.75) is 5.16 Å². The number of phenols is 1. The second-order valence-corrected chi connectivity index (χ2v) is 7.79. The lowest BCUT2D eigenvalue weighted by Crippen LogP contribution is -2.22. The maximum absolute atomic E-state index is 13.4. The average Bonchev–Trinajstić information content (AvgIpc) is 2.82. The van der Waals surface area contributed by atoms with Gasteiger partial charge in [-0.2, -0.15) is 0 Å². The third-order valence-corrected chi connectivity index (χ3v) is 5.83. The van der Waals surface area contributed by atoms with Gasteiger partial charge < -0.3 is 14.6 Å². The van der Waals surface area contributed by atoms with Crippen LogP contribution in [0.25, 0.3) is 16.6 Å². The molecule has 0 amide bonds. The van der Waals surface area contributed by atoms with Crippen LogP contribution in [-0.4, -0.2) is 40.4 Å². The van der Waals surface area contributed by atoms with Gasteiger partial charge in [0.25, 0.3) is 5.56 Å². The van der Waals surface area contributed by atoms with Gasteiger partial charge in [0, 0.05) is 11.6 Å². The van der Waals surface area contributed by atoms with E-state index in [4.69, 9.17) is 9.47 Å². The van der Waals surface area contributed by atoms with Gasteiger partial charge in [0.15, 0.2) is 22.4 Å². The molecular formula is C24H20N2O5S. The summed E-state index contributed by atoms with van der Waals surface area (Å²) in [4.78, 5) is 30.7. The number of methoxy groups -OCH3 is 2. The molecule has 0 aliphatic heterocycles. The molecule has 8 heteroatoms. The summed E-state index contributed by atoms with van der Waals surface area (Å²) in [6, 6.07) is 18.3. The number of Topliss-reactive ketones (excluding diaryl/α,β-unsaturated/α-hetero) is 1. The lowest BCUT2D eigenvalue weighted by Gasteiger charge is -2.15. The van der Waals surface area contributed by atoms with E-state index in [9.17, 15) is 14.7 Å². The van der Waals surface area contributed by atoms with Crippen LogP contribution < -0.4 is 15.0 Å². The van der Waals surface area contributed by atoms with Gasteiger partial charge in [0.05, 0.1) is 36.6 Å². The zero-order valence-electron chi connectivity index (χ0n) is 17.4. The fourth-order valence-corrected chi connectivity index (χ4v) is 4.17. The molecule has 1 heterocycles. The first-order valence-corrected chi connectivity index (χ1v) is 10.7. The molecule has 0 unspecified atom stereocenters. The Bertz CT molecular complexity index is 1350. The zero-order valence-corrected chi connectivity index (χ0v) is 18.3. The first-order chi connectivity index (χ1) is 15.5. The number of ketones is 1. The van der Waals surface area contributed by atoms with Crippen LogP contribution in [0.4, 0.5) is 0 Å². The maximum Gasteiger partial charge on any atom is 0.266 e. The summed E-state index contributed by atoms with van der Waals surface area (Å²) in [6.45, 7) is 0. The van der Waals surface area contributed by atoms with Crippen LogP contribution in [0.2, 0.25) is 0 Å². The van der Waals surface area contributed by atoms with Crippen LogP contribution in [0, 0.1) is 0 Å².